The van der Waals surface area contributed by atoms with Crippen molar-refractivity contribution in [3.8, 4) is 0 Å². The molecule has 0 saturated carbocycles. The highest BCUT2D eigenvalue weighted by molar-refractivity contribution is 7.98. The minimum atomic E-state index is -1.20. The van der Waals surface area contributed by atoms with Gasteiger partial charge < -0.3 is 9.90 Å². The summed E-state index contributed by atoms with van der Waals surface area (Å²) in [6, 6.07) is 16.4. The lowest BCUT2D eigenvalue weighted by Gasteiger charge is -2.02. The zero-order valence-corrected chi connectivity index (χ0v) is 13.4. The molecule has 0 aliphatic heterocycles. The number of aromatic carboxylic acids is 1. The van der Waals surface area contributed by atoms with Crippen LogP contribution in [-0.4, -0.2) is 27.1 Å². The van der Waals surface area contributed by atoms with E-state index in [9.17, 15) is 9.90 Å². The van der Waals surface area contributed by atoms with Gasteiger partial charge in [-0.1, -0.05) is 66.4 Å². The van der Waals surface area contributed by atoms with E-state index in [1.54, 1.807) is 23.0 Å². The van der Waals surface area contributed by atoms with Gasteiger partial charge in [0.1, 0.15) is 6.33 Å². The van der Waals surface area contributed by atoms with Gasteiger partial charge in [0.15, 0.2) is 0 Å². The Kier molecular flexibility index (Phi) is 5.02. The number of hydrogen-bond acceptors (Lipinski definition) is 6. The molecule has 0 N–H and O–H groups in total. The molecule has 0 aliphatic rings. The largest absolute Gasteiger partial charge is 0.545 e. The van der Waals surface area contributed by atoms with Gasteiger partial charge in [-0.3, -0.25) is 0 Å². The highest BCUT2D eigenvalue weighted by atomic mass is 32.2. The summed E-state index contributed by atoms with van der Waals surface area (Å²) in [6.07, 6.45) is 3.15. The average molecular weight is 337 g/mol. The highest BCUT2D eigenvalue weighted by Gasteiger charge is 2.04. The fourth-order valence-corrected chi connectivity index (χ4v) is 2.77. The lowest BCUT2D eigenvalue weighted by atomic mass is 10.1. The summed E-state index contributed by atoms with van der Waals surface area (Å²) in [6.45, 7) is 0. The van der Waals surface area contributed by atoms with E-state index in [0.717, 1.165) is 11.3 Å². The third-order valence-corrected chi connectivity index (χ3v) is 4.19. The lowest BCUT2D eigenvalue weighted by Crippen LogP contribution is -2.21. The number of thioether (sulfide) groups is 1. The molecule has 1 aromatic heterocycles. The molecule has 120 valence electrons. The third-order valence-electron chi connectivity index (χ3n) is 3.19. The van der Waals surface area contributed by atoms with Crippen LogP contribution in [0.2, 0.25) is 0 Å². The molecule has 6 nitrogen and oxygen atoms in total. The molecule has 0 radical (unpaired) electrons. The Hall–Kier alpha value is -2.93. The molecule has 2 aromatic carbocycles. The maximum atomic E-state index is 10.7. The zero-order valence-electron chi connectivity index (χ0n) is 12.6. The van der Waals surface area contributed by atoms with Gasteiger partial charge in [-0.15, -0.1) is 10.2 Å². The van der Waals surface area contributed by atoms with E-state index in [-0.39, 0.29) is 5.56 Å². The summed E-state index contributed by atoms with van der Waals surface area (Å²) >= 11 is 1.54. The van der Waals surface area contributed by atoms with Crippen molar-refractivity contribution < 1.29 is 9.90 Å². The quantitative estimate of drug-likeness (QED) is 0.506. The Bertz CT molecular complexity index is 845. The summed E-state index contributed by atoms with van der Waals surface area (Å²) in [4.78, 5) is 10.7. The number of carboxylic acids is 1. The molecule has 0 unspecified atom stereocenters. The second-order valence-corrected chi connectivity index (χ2v) is 5.83. The standard InChI is InChI=1S/C17H14N4O2S/c22-16(23)15-8-6-13(7-9-15)10-19-21-12-18-20-17(21)24-11-14-4-2-1-3-5-14/h1-10,12H,11H2,(H,22,23)/p-1/b19-10-. The van der Waals surface area contributed by atoms with Crippen LogP contribution in [0.25, 0.3) is 0 Å². The van der Waals surface area contributed by atoms with Crippen LogP contribution < -0.4 is 5.11 Å². The molecule has 3 rings (SSSR count). The maximum Gasteiger partial charge on any atom is 0.212 e. The van der Waals surface area contributed by atoms with Crippen molar-refractivity contribution in [1.82, 2.24) is 14.9 Å². The molecule has 0 fully saturated rings. The van der Waals surface area contributed by atoms with Gasteiger partial charge in [0.25, 0.3) is 0 Å². The predicted molar refractivity (Wildman–Crippen MR) is 89.8 cm³/mol. The molecule has 0 amide bonds. The molecule has 7 heteroatoms. The normalized spacial score (nSPS) is 11.0. The van der Waals surface area contributed by atoms with E-state index in [4.69, 9.17) is 0 Å². The minimum Gasteiger partial charge on any atom is -0.545 e. The first kappa shape index (κ1) is 15.9. The number of carbonyl (C=O) groups excluding carboxylic acids is 1. The van der Waals surface area contributed by atoms with Crippen LogP contribution in [0.1, 0.15) is 21.5 Å². The first-order chi connectivity index (χ1) is 11.7. The number of carboxylic acid groups (broad SMARTS) is 1. The van der Waals surface area contributed by atoms with Crippen LogP contribution in [-0.2, 0) is 5.75 Å². The first-order valence-corrected chi connectivity index (χ1v) is 8.13. The van der Waals surface area contributed by atoms with E-state index in [1.165, 1.54) is 35.8 Å². The molecule has 0 aliphatic carbocycles. The van der Waals surface area contributed by atoms with Crippen molar-refractivity contribution in [3.05, 3.63) is 77.6 Å². The van der Waals surface area contributed by atoms with E-state index in [0.29, 0.717) is 5.16 Å². The molecule has 0 saturated heterocycles. The monoisotopic (exact) mass is 337 g/mol. The number of aromatic nitrogens is 3. The Labute approximate surface area is 142 Å². The molecule has 0 bridgehead atoms. The van der Waals surface area contributed by atoms with Gasteiger partial charge in [-0.2, -0.15) is 9.78 Å². The molecule has 0 atom stereocenters. The average Bonchev–Trinajstić information content (AvgIpc) is 3.07. The van der Waals surface area contributed by atoms with Crippen LogP contribution in [0.15, 0.2) is 71.2 Å². The minimum absolute atomic E-state index is 0.135. The van der Waals surface area contributed by atoms with Crippen LogP contribution in [0.5, 0.6) is 0 Å². The van der Waals surface area contributed by atoms with Crippen LogP contribution in [0.3, 0.4) is 0 Å². The maximum absolute atomic E-state index is 10.7. The molecule has 1 heterocycles. The smallest absolute Gasteiger partial charge is 0.212 e. The van der Waals surface area contributed by atoms with Crippen molar-refractivity contribution in [3.63, 3.8) is 0 Å². The van der Waals surface area contributed by atoms with Crippen LogP contribution >= 0.6 is 11.8 Å². The van der Waals surface area contributed by atoms with Crippen LogP contribution in [0, 0.1) is 0 Å². The molecular weight excluding hydrogens is 324 g/mol. The predicted octanol–water partition coefficient (Wildman–Crippen LogP) is 1.82. The van der Waals surface area contributed by atoms with Gasteiger partial charge in [0.2, 0.25) is 5.16 Å². The Morgan fingerprint density at radius 1 is 1.17 bits per heavy atom. The fourth-order valence-electron chi connectivity index (χ4n) is 1.95. The zero-order chi connectivity index (χ0) is 16.8. The number of nitrogens with zero attached hydrogens (tertiary/aromatic N) is 4. The van der Waals surface area contributed by atoms with Crippen molar-refractivity contribution in [2.75, 3.05) is 0 Å². The second-order valence-electron chi connectivity index (χ2n) is 4.89. The Morgan fingerprint density at radius 3 is 2.62 bits per heavy atom. The summed E-state index contributed by atoms with van der Waals surface area (Å²) < 4.78 is 1.58. The van der Waals surface area contributed by atoms with E-state index < -0.39 is 5.97 Å². The summed E-state index contributed by atoms with van der Waals surface area (Å²) in [5.74, 6) is -0.424. The third kappa shape index (κ3) is 4.08. The number of rotatable bonds is 6. The highest BCUT2D eigenvalue weighted by Crippen LogP contribution is 2.20. The summed E-state index contributed by atoms with van der Waals surface area (Å²) in [5, 5.41) is 23.6. The van der Waals surface area contributed by atoms with Crippen molar-refractivity contribution in [2.24, 2.45) is 5.10 Å². The van der Waals surface area contributed by atoms with E-state index >= 15 is 0 Å². The molecular formula is C17H13N4O2S-. The first-order valence-electron chi connectivity index (χ1n) is 7.15. The molecule has 0 spiro atoms. The number of hydrogen-bond donors (Lipinski definition) is 0. The fraction of sp³-hybridized carbons (Fsp3) is 0.0588. The van der Waals surface area contributed by atoms with E-state index in [1.807, 2.05) is 18.2 Å². The van der Waals surface area contributed by atoms with Gasteiger partial charge in [0, 0.05) is 5.75 Å². The van der Waals surface area contributed by atoms with Crippen molar-refractivity contribution >= 4 is 23.9 Å². The van der Waals surface area contributed by atoms with Gasteiger partial charge in [-0.25, -0.2) is 0 Å². The summed E-state index contributed by atoms with van der Waals surface area (Å²) in [5.41, 5.74) is 2.10. The topological polar surface area (TPSA) is 83.2 Å². The number of benzene rings is 2. The van der Waals surface area contributed by atoms with Gasteiger partial charge in [0.05, 0.1) is 12.2 Å². The lowest BCUT2D eigenvalue weighted by molar-refractivity contribution is -0.255. The van der Waals surface area contributed by atoms with Gasteiger partial charge in [-0.05, 0) is 16.7 Å². The molecule has 24 heavy (non-hydrogen) atoms. The Balaban J connectivity index is 1.67. The number of carbonyl (C=O) groups is 1. The Morgan fingerprint density at radius 2 is 1.92 bits per heavy atom. The summed E-state index contributed by atoms with van der Waals surface area (Å²) in [7, 11) is 0. The van der Waals surface area contributed by atoms with E-state index in [2.05, 4.69) is 27.4 Å². The van der Waals surface area contributed by atoms with Crippen molar-refractivity contribution in [1.29, 1.82) is 0 Å². The SMILES string of the molecule is O=C([O-])c1ccc(/C=N\n2cnnc2SCc2ccccc2)cc1. The van der Waals surface area contributed by atoms with Crippen LogP contribution in [0.4, 0.5) is 0 Å². The molecule has 3 aromatic rings. The van der Waals surface area contributed by atoms with Gasteiger partial charge >= 0.3 is 0 Å². The van der Waals surface area contributed by atoms with Crippen molar-refractivity contribution in [2.45, 2.75) is 10.9 Å². The second kappa shape index (κ2) is 7.56.